The van der Waals surface area contributed by atoms with Gasteiger partial charge in [0.15, 0.2) is 0 Å². The van der Waals surface area contributed by atoms with Crippen LogP contribution in [0, 0.1) is 5.82 Å². The summed E-state index contributed by atoms with van der Waals surface area (Å²) in [4.78, 5) is 16.3. The summed E-state index contributed by atoms with van der Waals surface area (Å²) in [6.07, 6.45) is 0.980. The molecule has 0 aliphatic rings. The highest BCUT2D eigenvalue weighted by Crippen LogP contribution is 2.19. The molecule has 140 valence electrons. The maximum Gasteiger partial charge on any atom is 0.315 e. The van der Waals surface area contributed by atoms with E-state index in [9.17, 15) is 9.18 Å². The second-order valence-corrected chi connectivity index (χ2v) is 6.19. The van der Waals surface area contributed by atoms with E-state index in [-0.39, 0.29) is 23.6 Å². The molecular formula is C20H21FN4O2. The first-order valence-corrected chi connectivity index (χ1v) is 8.77. The van der Waals surface area contributed by atoms with Crippen LogP contribution < -0.4 is 10.6 Å². The number of aromatic nitrogens is 2. The van der Waals surface area contributed by atoms with Gasteiger partial charge in [-0.15, -0.1) is 0 Å². The normalized spacial score (nSPS) is 11.8. The lowest BCUT2D eigenvalue weighted by molar-refractivity contribution is 0.233. The van der Waals surface area contributed by atoms with Crippen LogP contribution in [0.15, 0.2) is 53.1 Å². The minimum absolute atomic E-state index is 0.247. The fraction of sp³-hybridized carbons (Fsp3) is 0.250. The molecule has 2 N–H and O–H groups in total. The van der Waals surface area contributed by atoms with Crippen LogP contribution in [-0.2, 0) is 13.0 Å². The Morgan fingerprint density at radius 1 is 1.19 bits per heavy atom. The largest absolute Gasteiger partial charge is 0.337 e. The molecule has 1 atom stereocenters. The molecule has 6 nitrogen and oxygen atoms in total. The molecule has 27 heavy (non-hydrogen) atoms. The van der Waals surface area contributed by atoms with Crippen molar-refractivity contribution < 1.29 is 13.7 Å². The van der Waals surface area contributed by atoms with Crippen LogP contribution in [0.5, 0.6) is 0 Å². The maximum absolute atomic E-state index is 13.3. The second kappa shape index (κ2) is 8.44. The van der Waals surface area contributed by atoms with Gasteiger partial charge in [0.2, 0.25) is 11.7 Å². The summed E-state index contributed by atoms with van der Waals surface area (Å²) in [5, 5.41) is 9.38. The van der Waals surface area contributed by atoms with Gasteiger partial charge < -0.3 is 15.2 Å². The van der Waals surface area contributed by atoms with E-state index in [1.165, 1.54) is 17.7 Å². The van der Waals surface area contributed by atoms with Crippen molar-refractivity contribution in [3.8, 4) is 11.4 Å². The van der Waals surface area contributed by atoms with Gasteiger partial charge in [-0.05, 0) is 36.6 Å². The number of halogens is 1. The van der Waals surface area contributed by atoms with E-state index in [0.29, 0.717) is 12.1 Å². The molecule has 0 spiro atoms. The van der Waals surface area contributed by atoms with Crippen molar-refractivity contribution in [3.05, 3.63) is 71.4 Å². The van der Waals surface area contributed by atoms with E-state index in [4.69, 9.17) is 4.52 Å². The molecule has 0 saturated heterocycles. The number of rotatable bonds is 6. The Balaban J connectivity index is 1.55. The third-order valence-electron chi connectivity index (χ3n) is 4.13. The highest BCUT2D eigenvalue weighted by Gasteiger charge is 2.17. The number of benzene rings is 2. The van der Waals surface area contributed by atoms with E-state index in [2.05, 4.69) is 27.7 Å². The Bertz CT molecular complexity index is 908. The highest BCUT2D eigenvalue weighted by molar-refractivity contribution is 5.74. The fourth-order valence-electron chi connectivity index (χ4n) is 2.54. The van der Waals surface area contributed by atoms with E-state index >= 15 is 0 Å². The molecule has 3 aromatic rings. The molecule has 0 unspecified atom stereocenters. The summed E-state index contributed by atoms with van der Waals surface area (Å²) in [6, 6.07) is 13.2. The predicted octanol–water partition coefficient (Wildman–Crippen LogP) is 4.00. The van der Waals surface area contributed by atoms with Crippen LogP contribution in [0.1, 0.15) is 36.9 Å². The first-order valence-electron chi connectivity index (χ1n) is 8.77. The van der Waals surface area contributed by atoms with E-state index < -0.39 is 6.04 Å². The summed E-state index contributed by atoms with van der Waals surface area (Å²) in [5.74, 6) is 0.141. The molecule has 0 aliphatic heterocycles. The molecule has 3 rings (SSSR count). The van der Waals surface area contributed by atoms with Gasteiger partial charge in [0.1, 0.15) is 11.9 Å². The number of nitrogens with one attached hydrogen (secondary N) is 2. The highest BCUT2D eigenvalue weighted by atomic mass is 19.1. The average Bonchev–Trinajstić information content (AvgIpc) is 3.17. The van der Waals surface area contributed by atoms with Gasteiger partial charge in [-0.25, -0.2) is 9.18 Å². The van der Waals surface area contributed by atoms with Crippen molar-refractivity contribution in [1.29, 1.82) is 0 Å². The van der Waals surface area contributed by atoms with Gasteiger partial charge in [-0.3, -0.25) is 0 Å². The second-order valence-electron chi connectivity index (χ2n) is 6.19. The van der Waals surface area contributed by atoms with Crippen molar-refractivity contribution in [2.45, 2.75) is 32.9 Å². The van der Waals surface area contributed by atoms with Crippen molar-refractivity contribution in [2.75, 3.05) is 0 Å². The predicted molar refractivity (Wildman–Crippen MR) is 99.3 cm³/mol. The lowest BCUT2D eigenvalue weighted by Gasteiger charge is -2.11. The summed E-state index contributed by atoms with van der Waals surface area (Å²) in [6.45, 7) is 4.25. The topological polar surface area (TPSA) is 80.0 Å². The number of amides is 2. The number of hydrogen-bond donors (Lipinski definition) is 2. The molecule has 0 fully saturated rings. The van der Waals surface area contributed by atoms with Gasteiger partial charge in [-0.1, -0.05) is 48.5 Å². The Morgan fingerprint density at radius 2 is 1.93 bits per heavy atom. The van der Waals surface area contributed by atoms with Crippen LogP contribution in [0.3, 0.4) is 0 Å². The van der Waals surface area contributed by atoms with Gasteiger partial charge in [0, 0.05) is 12.1 Å². The van der Waals surface area contributed by atoms with Gasteiger partial charge in [-0.2, -0.15) is 4.98 Å². The van der Waals surface area contributed by atoms with Crippen molar-refractivity contribution in [2.24, 2.45) is 0 Å². The molecule has 7 heteroatoms. The van der Waals surface area contributed by atoms with Crippen molar-refractivity contribution in [3.63, 3.8) is 0 Å². The van der Waals surface area contributed by atoms with Gasteiger partial charge in [0.25, 0.3) is 0 Å². The molecule has 2 aromatic carbocycles. The molecule has 0 bridgehead atoms. The van der Waals surface area contributed by atoms with E-state index in [0.717, 1.165) is 12.0 Å². The SMILES string of the molecule is CCc1ccc(CNC(=O)N[C@@H](C)c2nc(-c3cccc(F)c3)no2)cc1. The Hall–Kier alpha value is -3.22. The third-order valence-corrected chi connectivity index (χ3v) is 4.13. The Kier molecular flexibility index (Phi) is 5.80. The molecule has 0 radical (unpaired) electrons. The van der Waals surface area contributed by atoms with Crippen molar-refractivity contribution in [1.82, 2.24) is 20.8 Å². The van der Waals surface area contributed by atoms with E-state index in [1.54, 1.807) is 19.1 Å². The zero-order valence-corrected chi connectivity index (χ0v) is 15.2. The number of aryl methyl sites for hydroxylation is 1. The number of hydrogen-bond acceptors (Lipinski definition) is 4. The summed E-state index contributed by atoms with van der Waals surface area (Å²) in [7, 11) is 0. The van der Waals surface area contributed by atoms with Crippen LogP contribution in [0.2, 0.25) is 0 Å². The molecule has 1 aromatic heterocycles. The Morgan fingerprint density at radius 3 is 2.63 bits per heavy atom. The summed E-state index contributed by atoms with van der Waals surface area (Å²) in [5.41, 5.74) is 2.78. The number of nitrogens with zero attached hydrogens (tertiary/aromatic N) is 2. The quantitative estimate of drug-likeness (QED) is 0.689. The maximum atomic E-state index is 13.3. The number of carbonyl (C=O) groups excluding carboxylic acids is 1. The summed E-state index contributed by atoms with van der Waals surface area (Å²) >= 11 is 0. The van der Waals surface area contributed by atoms with Crippen LogP contribution in [0.25, 0.3) is 11.4 Å². The lowest BCUT2D eigenvalue weighted by atomic mass is 10.1. The molecule has 0 aliphatic carbocycles. The minimum atomic E-state index is -0.484. The lowest BCUT2D eigenvalue weighted by Crippen LogP contribution is -2.36. The zero-order valence-electron chi connectivity index (χ0n) is 15.2. The monoisotopic (exact) mass is 368 g/mol. The number of carbonyl (C=O) groups is 1. The van der Waals surface area contributed by atoms with Gasteiger partial charge >= 0.3 is 6.03 Å². The van der Waals surface area contributed by atoms with Gasteiger partial charge in [0.05, 0.1) is 0 Å². The van der Waals surface area contributed by atoms with Crippen molar-refractivity contribution >= 4 is 6.03 Å². The molecule has 2 amide bonds. The first kappa shape index (κ1) is 18.6. The zero-order chi connectivity index (χ0) is 19.2. The average molecular weight is 368 g/mol. The Labute approximate surface area is 156 Å². The van der Waals surface area contributed by atoms with Crippen LogP contribution in [0.4, 0.5) is 9.18 Å². The minimum Gasteiger partial charge on any atom is -0.337 e. The number of urea groups is 1. The van der Waals surface area contributed by atoms with Crippen LogP contribution in [-0.4, -0.2) is 16.2 Å². The van der Waals surface area contributed by atoms with Crippen LogP contribution >= 0.6 is 0 Å². The smallest absolute Gasteiger partial charge is 0.315 e. The first-order chi connectivity index (χ1) is 13.0. The van der Waals surface area contributed by atoms with E-state index in [1.807, 2.05) is 24.3 Å². The summed E-state index contributed by atoms with van der Waals surface area (Å²) < 4.78 is 18.5. The fourth-order valence-corrected chi connectivity index (χ4v) is 2.54. The third kappa shape index (κ3) is 4.91. The molecular weight excluding hydrogens is 347 g/mol. The molecule has 1 heterocycles. The molecule has 0 saturated carbocycles. The standard InChI is InChI=1S/C20H21FN4O2/c1-3-14-7-9-15(10-8-14)12-22-20(26)23-13(2)19-24-18(25-27-19)16-5-4-6-17(21)11-16/h4-11,13H,3,12H2,1-2H3,(H2,22,23,26)/t13-/m0/s1.